The van der Waals surface area contributed by atoms with E-state index in [1.54, 1.807) is 0 Å². The first-order valence-corrected chi connectivity index (χ1v) is 10.6. The Hall–Kier alpha value is -3.50. The molecule has 0 saturated carbocycles. The molecule has 0 aliphatic heterocycles. The number of aryl methyl sites for hydroxylation is 1. The zero-order valence-corrected chi connectivity index (χ0v) is 19.3. The van der Waals surface area contributed by atoms with Crippen LogP contribution < -0.4 is 15.0 Å². The van der Waals surface area contributed by atoms with Crippen molar-refractivity contribution in [2.45, 2.75) is 31.5 Å². The van der Waals surface area contributed by atoms with E-state index >= 15 is 0 Å². The van der Waals surface area contributed by atoms with Crippen LogP contribution in [0.3, 0.4) is 0 Å². The number of ether oxygens (including phenoxy) is 2. The fourth-order valence-corrected chi connectivity index (χ4v) is 3.84. The minimum absolute atomic E-state index is 0.0140. The number of carboxylic acid groups (broad SMARTS) is 1. The molecule has 1 aromatic heterocycles. The average Bonchev–Trinajstić information content (AvgIpc) is 2.78. The molecule has 7 nitrogen and oxygen atoms in total. The summed E-state index contributed by atoms with van der Waals surface area (Å²) in [6.07, 6.45) is -4.24. The maximum Gasteiger partial charge on any atom is 0.422 e. The van der Waals surface area contributed by atoms with Gasteiger partial charge in [-0.15, -0.1) is 0 Å². The lowest BCUT2D eigenvalue weighted by molar-refractivity contribution is -0.274. The van der Waals surface area contributed by atoms with Gasteiger partial charge in [0.2, 0.25) is 0 Å². The van der Waals surface area contributed by atoms with E-state index in [-0.39, 0.29) is 21.9 Å². The molecule has 0 saturated heterocycles. The molecule has 0 aliphatic rings. The van der Waals surface area contributed by atoms with Crippen LogP contribution in [0.15, 0.2) is 59.5 Å². The molecule has 11 heteroatoms. The van der Waals surface area contributed by atoms with Gasteiger partial charge in [-0.25, -0.2) is 4.79 Å². The quantitative estimate of drug-likeness (QED) is 0.386. The van der Waals surface area contributed by atoms with Crippen molar-refractivity contribution >= 4 is 17.6 Å². The van der Waals surface area contributed by atoms with E-state index in [9.17, 15) is 27.9 Å². The molecule has 0 amide bonds. The van der Waals surface area contributed by atoms with E-state index in [0.29, 0.717) is 11.5 Å². The minimum Gasteiger partial charge on any atom is -0.482 e. The third-order valence-corrected chi connectivity index (χ3v) is 5.78. The van der Waals surface area contributed by atoms with Crippen molar-refractivity contribution in [3.8, 4) is 17.2 Å². The topological polar surface area (TPSA) is 109 Å². The summed E-state index contributed by atoms with van der Waals surface area (Å²) in [7, 11) is 0. The fraction of sp³-hybridized carbons (Fsp3) is 0.250. The number of H-pyrrole nitrogens is 1. The highest BCUT2D eigenvalue weighted by Crippen LogP contribution is 2.50. The van der Waals surface area contributed by atoms with Crippen molar-refractivity contribution in [3.63, 3.8) is 0 Å². The summed E-state index contributed by atoms with van der Waals surface area (Å²) >= 11 is 6.29. The number of carboxylic acids is 1. The molecule has 0 bridgehead atoms. The number of hydrogen-bond acceptors (Lipinski definition) is 5. The van der Waals surface area contributed by atoms with E-state index in [2.05, 4.69) is 4.98 Å². The lowest BCUT2D eigenvalue weighted by atomic mass is 9.78. The van der Waals surface area contributed by atoms with E-state index in [1.807, 2.05) is 0 Å². The SMILES string of the molecule is Cc1cc(C(O)(C(C)c2ccc(Oc3ccc(OCC(=O)O)cc3)cc2Cl)C(F)(F)F)c[nH]c1=O. The van der Waals surface area contributed by atoms with Crippen LogP contribution >= 0.6 is 11.6 Å². The van der Waals surface area contributed by atoms with Crippen molar-refractivity contribution in [2.75, 3.05) is 6.61 Å². The first-order valence-electron chi connectivity index (χ1n) is 10.2. The maximum atomic E-state index is 14.1. The molecule has 0 fully saturated rings. The molecule has 3 aromatic rings. The minimum atomic E-state index is -5.08. The second-order valence-corrected chi connectivity index (χ2v) is 8.23. The highest BCUT2D eigenvalue weighted by atomic mass is 35.5. The number of carbonyl (C=O) groups is 1. The molecule has 0 radical (unpaired) electrons. The fourth-order valence-electron chi connectivity index (χ4n) is 3.51. The summed E-state index contributed by atoms with van der Waals surface area (Å²) in [5.74, 6) is -1.78. The Morgan fingerprint density at radius 2 is 1.69 bits per heavy atom. The number of aromatic amines is 1. The van der Waals surface area contributed by atoms with E-state index in [4.69, 9.17) is 26.2 Å². The molecule has 1 heterocycles. The predicted molar refractivity (Wildman–Crippen MR) is 121 cm³/mol. The van der Waals surface area contributed by atoms with Crippen LogP contribution in [0.5, 0.6) is 17.2 Å². The highest BCUT2D eigenvalue weighted by Gasteiger charge is 2.59. The highest BCUT2D eigenvalue weighted by molar-refractivity contribution is 6.31. The van der Waals surface area contributed by atoms with Gasteiger partial charge in [0.05, 0.1) is 0 Å². The number of nitrogens with one attached hydrogen (secondary N) is 1. The third kappa shape index (κ3) is 5.60. The summed E-state index contributed by atoms with van der Waals surface area (Å²) < 4.78 is 53.1. The molecule has 2 aromatic carbocycles. The average molecular weight is 512 g/mol. The molecule has 3 N–H and O–H groups in total. The second kappa shape index (κ2) is 10.0. The van der Waals surface area contributed by atoms with Crippen LogP contribution in [-0.2, 0) is 10.4 Å². The zero-order chi connectivity index (χ0) is 26.0. The van der Waals surface area contributed by atoms with Crippen molar-refractivity contribution in [1.29, 1.82) is 0 Å². The number of alkyl halides is 3. The Kier molecular flexibility index (Phi) is 7.47. The molecule has 2 unspecified atom stereocenters. The molecule has 186 valence electrons. The van der Waals surface area contributed by atoms with Crippen LogP contribution in [0.2, 0.25) is 5.02 Å². The van der Waals surface area contributed by atoms with Crippen LogP contribution in [-0.4, -0.2) is 33.9 Å². The summed E-state index contributed by atoms with van der Waals surface area (Å²) in [4.78, 5) is 24.4. The molecule has 0 aliphatic carbocycles. The van der Waals surface area contributed by atoms with E-state index in [1.165, 1.54) is 56.3 Å². The van der Waals surface area contributed by atoms with Gasteiger partial charge in [-0.05, 0) is 55.0 Å². The Balaban J connectivity index is 1.87. The normalized spacial score (nSPS) is 14.1. The van der Waals surface area contributed by atoms with Gasteiger partial charge >= 0.3 is 12.1 Å². The number of benzene rings is 2. The predicted octanol–water partition coefficient (Wildman–Crippen LogP) is 5.15. The Labute approximate surface area is 202 Å². The van der Waals surface area contributed by atoms with Gasteiger partial charge in [-0.3, -0.25) is 4.79 Å². The molecular weight excluding hydrogens is 491 g/mol. The van der Waals surface area contributed by atoms with Crippen LogP contribution in [0.4, 0.5) is 13.2 Å². The summed E-state index contributed by atoms with van der Waals surface area (Å²) in [6.45, 7) is 2.03. The molecule has 35 heavy (non-hydrogen) atoms. The van der Waals surface area contributed by atoms with Gasteiger partial charge in [0.25, 0.3) is 5.56 Å². The first kappa shape index (κ1) is 26.1. The van der Waals surface area contributed by atoms with Crippen molar-refractivity contribution in [2.24, 2.45) is 0 Å². The Morgan fingerprint density at radius 3 is 2.23 bits per heavy atom. The van der Waals surface area contributed by atoms with Crippen LogP contribution in [0, 0.1) is 6.92 Å². The summed E-state index contributed by atoms with van der Waals surface area (Å²) in [5, 5.41) is 19.5. The second-order valence-electron chi connectivity index (χ2n) is 7.83. The molecular formula is C24H21ClF3NO6. The number of pyridine rings is 1. The van der Waals surface area contributed by atoms with E-state index < -0.39 is 41.4 Å². The molecule has 2 atom stereocenters. The van der Waals surface area contributed by atoms with Gasteiger partial charge in [0.15, 0.2) is 12.2 Å². The number of aromatic nitrogens is 1. The monoisotopic (exact) mass is 511 g/mol. The zero-order valence-electron chi connectivity index (χ0n) is 18.5. The number of rotatable bonds is 8. The van der Waals surface area contributed by atoms with Gasteiger partial charge in [-0.2, -0.15) is 13.2 Å². The van der Waals surface area contributed by atoms with Crippen molar-refractivity contribution in [1.82, 2.24) is 4.98 Å². The van der Waals surface area contributed by atoms with E-state index in [0.717, 1.165) is 12.3 Å². The summed E-state index contributed by atoms with van der Waals surface area (Å²) in [6, 6.07) is 11.1. The van der Waals surface area contributed by atoms with Gasteiger partial charge in [0.1, 0.15) is 17.2 Å². The number of hydrogen-bond donors (Lipinski definition) is 3. The number of halogens is 4. The Morgan fingerprint density at radius 1 is 1.09 bits per heavy atom. The molecule has 3 rings (SSSR count). The number of aliphatic carboxylic acids is 1. The standard InChI is InChI=1S/C24H21ClF3NO6/c1-13-9-15(11-29-22(13)32)23(33,24(26,27)28)14(2)19-8-7-18(10-20(19)25)35-17-5-3-16(4-6-17)34-12-21(30)31/h3-11,14,33H,12H2,1-2H3,(H,29,32)(H,30,31). The van der Waals surface area contributed by atoms with Crippen LogP contribution in [0.25, 0.3) is 0 Å². The number of aliphatic hydroxyl groups is 1. The molecule has 0 spiro atoms. The maximum absolute atomic E-state index is 14.1. The summed E-state index contributed by atoms with van der Waals surface area (Å²) in [5.41, 5.74) is -4.38. The Bertz CT molecular complexity index is 1280. The largest absolute Gasteiger partial charge is 0.482 e. The van der Waals surface area contributed by atoms with Gasteiger partial charge in [0, 0.05) is 28.3 Å². The first-order chi connectivity index (χ1) is 16.3. The third-order valence-electron chi connectivity index (χ3n) is 5.45. The lowest BCUT2D eigenvalue weighted by Crippen LogP contribution is -2.47. The van der Waals surface area contributed by atoms with Crippen molar-refractivity contribution in [3.05, 3.63) is 86.8 Å². The van der Waals surface area contributed by atoms with Gasteiger partial charge < -0.3 is 24.7 Å². The van der Waals surface area contributed by atoms with Crippen molar-refractivity contribution < 1.29 is 37.7 Å². The van der Waals surface area contributed by atoms with Gasteiger partial charge in [-0.1, -0.05) is 24.6 Å². The van der Waals surface area contributed by atoms with Crippen LogP contribution in [0.1, 0.15) is 29.5 Å². The lowest BCUT2D eigenvalue weighted by Gasteiger charge is -2.37. The smallest absolute Gasteiger partial charge is 0.422 e.